The second kappa shape index (κ2) is 5.60. The number of hydrogen-bond acceptors (Lipinski definition) is 2. The molecule has 0 fully saturated rings. The summed E-state index contributed by atoms with van der Waals surface area (Å²) in [5.41, 5.74) is 6.05. The first kappa shape index (κ1) is 12.5. The average molecular weight is 249 g/mol. The van der Waals surface area contributed by atoms with Gasteiger partial charge in [-0.1, -0.05) is 24.3 Å². The molecule has 94 valence electrons. The first-order valence-corrected chi connectivity index (χ1v) is 5.55. The van der Waals surface area contributed by atoms with Crippen LogP contribution < -0.4 is 10.5 Å². The van der Waals surface area contributed by atoms with Crippen molar-refractivity contribution in [3.8, 4) is 5.75 Å². The van der Waals surface area contributed by atoms with E-state index in [9.17, 15) is 8.78 Å². The summed E-state index contributed by atoms with van der Waals surface area (Å²) in [4.78, 5) is 0. The van der Waals surface area contributed by atoms with Gasteiger partial charge in [-0.05, 0) is 18.2 Å². The fourth-order valence-electron chi connectivity index (χ4n) is 1.59. The van der Waals surface area contributed by atoms with Crippen LogP contribution in [0, 0.1) is 11.6 Å². The van der Waals surface area contributed by atoms with Crippen LogP contribution in [0.3, 0.4) is 0 Å². The molecular formula is C14H13F2NO. The van der Waals surface area contributed by atoms with Gasteiger partial charge < -0.3 is 10.5 Å². The summed E-state index contributed by atoms with van der Waals surface area (Å²) < 4.78 is 31.6. The van der Waals surface area contributed by atoms with Crippen molar-refractivity contribution in [2.45, 2.75) is 6.04 Å². The summed E-state index contributed by atoms with van der Waals surface area (Å²) in [6.45, 7) is 0.132. The minimum absolute atomic E-state index is 0.132. The lowest BCUT2D eigenvalue weighted by Crippen LogP contribution is -2.20. The van der Waals surface area contributed by atoms with Gasteiger partial charge in [0, 0.05) is 11.6 Å². The molecule has 0 amide bonds. The van der Waals surface area contributed by atoms with E-state index in [0.717, 1.165) is 6.07 Å². The van der Waals surface area contributed by atoms with Gasteiger partial charge in [0.05, 0.1) is 6.04 Å². The van der Waals surface area contributed by atoms with Crippen molar-refractivity contribution in [3.63, 3.8) is 0 Å². The third kappa shape index (κ3) is 3.05. The lowest BCUT2D eigenvalue weighted by molar-refractivity contribution is 0.287. The number of para-hydroxylation sites is 1. The van der Waals surface area contributed by atoms with E-state index in [1.165, 1.54) is 12.1 Å². The Morgan fingerprint density at radius 2 is 1.78 bits per heavy atom. The number of halogens is 2. The molecule has 18 heavy (non-hydrogen) atoms. The van der Waals surface area contributed by atoms with E-state index in [-0.39, 0.29) is 12.2 Å². The molecule has 4 heteroatoms. The van der Waals surface area contributed by atoms with Crippen molar-refractivity contribution in [2.75, 3.05) is 6.61 Å². The van der Waals surface area contributed by atoms with Gasteiger partial charge in [-0.25, -0.2) is 8.78 Å². The molecule has 0 aliphatic heterocycles. The summed E-state index contributed by atoms with van der Waals surface area (Å²) in [6.07, 6.45) is 0. The standard InChI is InChI=1S/C14H13F2NO/c15-10-6-7-12(13(16)8-10)14(17)9-18-11-4-2-1-3-5-11/h1-8,14H,9,17H2. The molecule has 1 unspecified atom stereocenters. The maximum atomic E-state index is 13.5. The molecule has 0 bridgehead atoms. The Balaban J connectivity index is 2.01. The number of ether oxygens (including phenoxy) is 1. The zero-order valence-corrected chi connectivity index (χ0v) is 9.64. The Labute approximate surface area is 104 Å². The summed E-state index contributed by atoms with van der Waals surface area (Å²) in [5, 5.41) is 0. The Morgan fingerprint density at radius 1 is 1.06 bits per heavy atom. The van der Waals surface area contributed by atoms with Crippen LogP contribution in [0.1, 0.15) is 11.6 Å². The van der Waals surface area contributed by atoms with Crippen LogP contribution in [0.25, 0.3) is 0 Å². The largest absolute Gasteiger partial charge is 0.492 e. The van der Waals surface area contributed by atoms with E-state index in [0.29, 0.717) is 5.75 Å². The van der Waals surface area contributed by atoms with E-state index < -0.39 is 17.7 Å². The molecule has 0 saturated heterocycles. The third-order valence-electron chi connectivity index (χ3n) is 2.53. The Kier molecular flexibility index (Phi) is 3.89. The predicted octanol–water partition coefficient (Wildman–Crippen LogP) is 3.04. The molecule has 2 N–H and O–H groups in total. The highest BCUT2D eigenvalue weighted by molar-refractivity contribution is 5.24. The van der Waals surface area contributed by atoms with Crippen LogP contribution in [0.4, 0.5) is 8.78 Å². The Morgan fingerprint density at radius 3 is 2.44 bits per heavy atom. The van der Waals surface area contributed by atoms with E-state index in [4.69, 9.17) is 10.5 Å². The number of hydrogen-bond donors (Lipinski definition) is 1. The summed E-state index contributed by atoms with van der Waals surface area (Å²) in [5.74, 6) is -0.609. The molecule has 0 radical (unpaired) electrons. The highest BCUT2D eigenvalue weighted by Crippen LogP contribution is 2.18. The highest BCUT2D eigenvalue weighted by Gasteiger charge is 2.12. The fourth-order valence-corrected chi connectivity index (χ4v) is 1.59. The molecule has 1 atom stereocenters. The normalized spacial score (nSPS) is 12.2. The van der Waals surface area contributed by atoms with Gasteiger partial charge >= 0.3 is 0 Å². The lowest BCUT2D eigenvalue weighted by Gasteiger charge is -2.14. The van der Waals surface area contributed by atoms with Crippen molar-refractivity contribution in [3.05, 3.63) is 65.7 Å². The second-order valence-corrected chi connectivity index (χ2v) is 3.90. The van der Waals surface area contributed by atoms with Crippen molar-refractivity contribution in [1.82, 2.24) is 0 Å². The van der Waals surface area contributed by atoms with Gasteiger partial charge in [0.1, 0.15) is 24.0 Å². The van der Waals surface area contributed by atoms with Crippen molar-refractivity contribution in [2.24, 2.45) is 5.73 Å². The van der Waals surface area contributed by atoms with Gasteiger partial charge in [-0.2, -0.15) is 0 Å². The molecule has 2 nitrogen and oxygen atoms in total. The van der Waals surface area contributed by atoms with E-state index in [1.54, 1.807) is 12.1 Å². The number of nitrogens with two attached hydrogens (primary N) is 1. The number of benzene rings is 2. The molecule has 0 aliphatic rings. The summed E-state index contributed by atoms with van der Waals surface area (Å²) in [7, 11) is 0. The van der Waals surface area contributed by atoms with Gasteiger partial charge in [0.25, 0.3) is 0 Å². The quantitative estimate of drug-likeness (QED) is 0.903. The zero-order valence-electron chi connectivity index (χ0n) is 9.64. The number of rotatable bonds is 4. The Hall–Kier alpha value is -1.94. The van der Waals surface area contributed by atoms with E-state index >= 15 is 0 Å². The van der Waals surface area contributed by atoms with Gasteiger partial charge in [-0.15, -0.1) is 0 Å². The molecule has 0 spiro atoms. The van der Waals surface area contributed by atoms with Crippen LogP contribution in [-0.4, -0.2) is 6.61 Å². The minimum Gasteiger partial charge on any atom is -0.492 e. The van der Waals surface area contributed by atoms with Crippen LogP contribution in [0.5, 0.6) is 5.75 Å². The SMILES string of the molecule is NC(COc1ccccc1)c1ccc(F)cc1F. The molecule has 2 rings (SSSR count). The monoisotopic (exact) mass is 249 g/mol. The molecule has 0 aromatic heterocycles. The smallest absolute Gasteiger partial charge is 0.131 e. The minimum atomic E-state index is -0.654. The van der Waals surface area contributed by atoms with E-state index in [2.05, 4.69) is 0 Å². The molecule has 2 aromatic rings. The summed E-state index contributed by atoms with van der Waals surface area (Å²) in [6, 6.07) is 11.8. The molecule has 2 aromatic carbocycles. The predicted molar refractivity (Wildman–Crippen MR) is 65.2 cm³/mol. The van der Waals surface area contributed by atoms with Crippen LogP contribution in [-0.2, 0) is 0 Å². The fraction of sp³-hybridized carbons (Fsp3) is 0.143. The average Bonchev–Trinajstić information content (AvgIpc) is 2.37. The van der Waals surface area contributed by atoms with Gasteiger partial charge in [0.2, 0.25) is 0 Å². The van der Waals surface area contributed by atoms with Crippen LogP contribution in [0.2, 0.25) is 0 Å². The van der Waals surface area contributed by atoms with Crippen LogP contribution in [0.15, 0.2) is 48.5 Å². The third-order valence-corrected chi connectivity index (χ3v) is 2.53. The maximum absolute atomic E-state index is 13.5. The Bertz CT molecular complexity index is 516. The summed E-state index contributed by atoms with van der Waals surface area (Å²) >= 11 is 0. The molecule has 0 aliphatic carbocycles. The van der Waals surface area contributed by atoms with Crippen molar-refractivity contribution < 1.29 is 13.5 Å². The van der Waals surface area contributed by atoms with Crippen LogP contribution >= 0.6 is 0 Å². The maximum Gasteiger partial charge on any atom is 0.131 e. The first-order chi connectivity index (χ1) is 8.66. The molecular weight excluding hydrogens is 236 g/mol. The zero-order chi connectivity index (χ0) is 13.0. The van der Waals surface area contributed by atoms with Gasteiger partial charge in [0.15, 0.2) is 0 Å². The van der Waals surface area contributed by atoms with Crippen molar-refractivity contribution in [1.29, 1.82) is 0 Å². The van der Waals surface area contributed by atoms with Crippen molar-refractivity contribution >= 4 is 0 Å². The van der Waals surface area contributed by atoms with E-state index in [1.807, 2.05) is 18.2 Å². The second-order valence-electron chi connectivity index (χ2n) is 3.90. The topological polar surface area (TPSA) is 35.2 Å². The molecule has 0 heterocycles. The van der Waals surface area contributed by atoms with Gasteiger partial charge in [-0.3, -0.25) is 0 Å². The first-order valence-electron chi connectivity index (χ1n) is 5.55. The lowest BCUT2D eigenvalue weighted by atomic mass is 10.1. The highest BCUT2D eigenvalue weighted by atomic mass is 19.1. The molecule has 0 saturated carbocycles.